The predicted molar refractivity (Wildman–Crippen MR) is 108 cm³/mol. The van der Waals surface area contributed by atoms with Gasteiger partial charge in [0, 0.05) is 17.1 Å². The first-order valence-electron chi connectivity index (χ1n) is 9.31. The first kappa shape index (κ1) is 19.4. The maximum Gasteiger partial charge on any atom is 0.275 e. The quantitative estimate of drug-likeness (QED) is 0.717. The highest BCUT2D eigenvalue weighted by Gasteiger charge is 2.15. The molecule has 1 amide bonds. The minimum atomic E-state index is -0.344. The van der Waals surface area contributed by atoms with Crippen LogP contribution in [0.2, 0.25) is 5.02 Å². The highest BCUT2D eigenvalue weighted by atomic mass is 35.5. The Bertz CT molecular complexity index is 787. The van der Waals surface area contributed by atoms with Crippen molar-refractivity contribution in [3.63, 3.8) is 0 Å². The van der Waals surface area contributed by atoms with Gasteiger partial charge in [-0.15, -0.1) is 0 Å². The molecule has 1 saturated carbocycles. The third kappa shape index (κ3) is 5.10. The number of hydrogen-bond donors (Lipinski definition) is 2. The lowest BCUT2D eigenvalue weighted by atomic mass is 10.1. The Morgan fingerprint density at radius 2 is 1.89 bits per heavy atom. The Hall–Kier alpha value is -2.34. The number of rotatable bonds is 5. The maximum atomic E-state index is 12.5. The predicted octanol–water partition coefficient (Wildman–Crippen LogP) is 4.83. The molecule has 2 N–H and O–H groups in total. The third-order valence-electron chi connectivity index (χ3n) is 4.82. The van der Waals surface area contributed by atoms with E-state index in [-0.39, 0.29) is 11.6 Å². The second kappa shape index (κ2) is 9.04. The Morgan fingerprint density at radius 3 is 2.52 bits per heavy atom. The first-order valence-corrected chi connectivity index (χ1v) is 9.68. The van der Waals surface area contributed by atoms with Crippen molar-refractivity contribution in [3.8, 4) is 5.75 Å². The summed E-state index contributed by atoms with van der Waals surface area (Å²) in [5, 5.41) is 6.82. The fourth-order valence-electron chi connectivity index (χ4n) is 3.27. The molecular formula is C20H25ClN4O2. The van der Waals surface area contributed by atoms with Crippen molar-refractivity contribution in [2.45, 2.75) is 51.5 Å². The SMILES string of the molecule is COc1cc(Cl)c(C)cc1NC(=O)c1cnc(NC2CCCCCC2)cn1. The molecule has 1 aromatic carbocycles. The number of nitrogens with zero attached hydrogens (tertiary/aromatic N) is 2. The zero-order chi connectivity index (χ0) is 19.2. The van der Waals surface area contributed by atoms with Gasteiger partial charge in [0.15, 0.2) is 0 Å². The number of benzene rings is 1. The Balaban J connectivity index is 1.66. The number of carbonyl (C=O) groups excluding carboxylic acids is 1. The summed E-state index contributed by atoms with van der Waals surface area (Å²) < 4.78 is 5.29. The number of aryl methyl sites for hydroxylation is 1. The molecule has 7 heteroatoms. The molecule has 27 heavy (non-hydrogen) atoms. The van der Waals surface area contributed by atoms with Gasteiger partial charge < -0.3 is 15.4 Å². The molecule has 0 bridgehead atoms. The van der Waals surface area contributed by atoms with E-state index in [2.05, 4.69) is 20.6 Å². The maximum absolute atomic E-state index is 12.5. The minimum Gasteiger partial charge on any atom is -0.495 e. The van der Waals surface area contributed by atoms with Gasteiger partial charge >= 0.3 is 0 Å². The number of carbonyl (C=O) groups is 1. The van der Waals surface area contributed by atoms with Gasteiger partial charge in [0.2, 0.25) is 0 Å². The van der Waals surface area contributed by atoms with Gasteiger partial charge in [0.25, 0.3) is 5.91 Å². The lowest BCUT2D eigenvalue weighted by molar-refractivity contribution is 0.102. The average Bonchev–Trinajstić information content (AvgIpc) is 2.93. The normalized spacial score (nSPS) is 15.1. The fourth-order valence-corrected chi connectivity index (χ4v) is 3.42. The second-order valence-electron chi connectivity index (χ2n) is 6.88. The summed E-state index contributed by atoms with van der Waals surface area (Å²) in [6.45, 7) is 1.87. The zero-order valence-corrected chi connectivity index (χ0v) is 16.5. The summed E-state index contributed by atoms with van der Waals surface area (Å²) in [4.78, 5) is 21.1. The lowest BCUT2D eigenvalue weighted by Gasteiger charge is -2.16. The van der Waals surface area contributed by atoms with E-state index >= 15 is 0 Å². The van der Waals surface area contributed by atoms with E-state index < -0.39 is 0 Å². The molecule has 0 atom stereocenters. The molecule has 1 aliphatic rings. The summed E-state index contributed by atoms with van der Waals surface area (Å²) >= 11 is 6.10. The van der Waals surface area contributed by atoms with Crippen molar-refractivity contribution in [1.29, 1.82) is 0 Å². The van der Waals surface area contributed by atoms with Crippen LogP contribution in [0.15, 0.2) is 24.5 Å². The molecule has 3 rings (SSSR count). The molecule has 0 aliphatic heterocycles. The van der Waals surface area contributed by atoms with Crippen LogP contribution < -0.4 is 15.4 Å². The van der Waals surface area contributed by atoms with Crippen LogP contribution in [0.25, 0.3) is 0 Å². The number of amides is 1. The van der Waals surface area contributed by atoms with Crippen molar-refractivity contribution in [3.05, 3.63) is 40.8 Å². The van der Waals surface area contributed by atoms with Crippen LogP contribution in [0.4, 0.5) is 11.5 Å². The van der Waals surface area contributed by atoms with Gasteiger partial charge in [0.1, 0.15) is 17.3 Å². The molecule has 1 aliphatic carbocycles. The molecule has 1 aromatic heterocycles. The number of ether oxygens (including phenoxy) is 1. The number of anilines is 2. The standard InChI is InChI=1S/C20H25ClN4O2/c1-13-9-16(18(27-2)10-15(13)21)25-20(26)17-11-23-19(12-22-17)24-14-7-5-3-4-6-8-14/h9-12,14H,3-8H2,1-2H3,(H,23,24)(H,25,26). The number of halogens is 1. The van der Waals surface area contributed by atoms with Crippen LogP contribution in [0, 0.1) is 6.92 Å². The summed E-state index contributed by atoms with van der Waals surface area (Å²) in [5.74, 6) is 0.862. The number of methoxy groups -OCH3 is 1. The first-order chi connectivity index (χ1) is 13.1. The van der Waals surface area contributed by atoms with Crippen LogP contribution in [-0.4, -0.2) is 29.0 Å². The molecule has 6 nitrogen and oxygen atoms in total. The number of hydrogen-bond acceptors (Lipinski definition) is 5. The van der Waals surface area contributed by atoms with E-state index in [4.69, 9.17) is 16.3 Å². The van der Waals surface area contributed by atoms with Crippen molar-refractivity contribution >= 4 is 29.0 Å². The molecule has 0 saturated heterocycles. The van der Waals surface area contributed by atoms with Gasteiger partial charge in [-0.2, -0.15) is 0 Å². The minimum absolute atomic E-state index is 0.246. The Kier molecular flexibility index (Phi) is 6.50. The van der Waals surface area contributed by atoms with Crippen molar-refractivity contribution < 1.29 is 9.53 Å². The summed E-state index contributed by atoms with van der Waals surface area (Å²) in [7, 11) is 1.53. The van der Waals surface area contributed by atoms with E-state index in [9.17, 15) is 4.79 Å². The lowest BCUT2D eigenvalue weighted by Crippen LogP contribution is -2.20. The Morgan fingerprint density at radius 1 is 1.15 bits per heavy atom. The molecule has 0 radical (unpaired) electrons. The van der Waals surface area contributed by atoms with Gasteiger partial charge in [-0.25, -0.2) is 9.97 Å². The molecule has 144 valence electrons. The summed E-state index contributed by atoms with van der Waals surface area (Å²) in [6.07, 6.45) is 10.5. The van der Waals surface area contributed by atoms with E-state index in [1.807, 2.05) is 6.92 Å². The third-order valence-corrected chi connectivity index (χ3v) is 5.23. The van der Waals surface area contributed by atoms with Crippen LogP contribution in [0.1, 0.15) is 54.6 Å². The van der Waals surface area contributed by atoms with E-state index in [0.29, 0.717) is 28.3 Å². The van der Waals surface area contributed by atoms with Crippen LogP contribution in [-0.2, 0) is 0 Å². The average molecular weight is 389 g/mol. The van der Waals surface area contributed by atoms with Crippen LogP contribution >= 0.6 is 11.6 Å². The van der Waals surface area contributed by atoms with Gasteiger partial charge in [0.05, 0.1) is 25.2 Å². The molecule has 2 aromatic rings. The molecular weight excluding hydrogens is 364 g/mol. The van der Waals surface area contributed by atoms with Gasteiger partial charge in [-0.1, -0.05) is 37.3 Å². The molecule has 1 heterocycles. The number of aromatic nitrogens is 2. The topological polar surface area (TPSA) is 76.1 Å². The van der Waals surface area contributed by atoms with Crippen molar-refractivity contribution in [2.75, 3.05) is 17.7 Å². The summed E-state index contributed by atoms with van der Waals surface area (Å²) in [5.41, 5.74) is 1.64. The molecule has 0 spiro atoms. The van der Waals surface area contributed by atoms with Gasteiger partial charge in [-0.05, 0) is 31.4 Å². The van der Waals surface area contributed by atoms with Crippen LogP contribution in [0.5, 0.6) is 5.75 Å². The smallest absolute Gasteiger partial charge is 0.275 e. The second-order valence-corrected chi connectivity index (χ2v) is 7.28. The van der Waals surface area contributed by atoms with E-state index in [0.717, 1.165) is 18.4 Å². The van der Waals surface area contributed by atoms with E-state index in [1.54, 1.807) is 18.3 Å². The highest BCUT2D eigenvalue weighted by molar-refractivity contribution is 6.31. The zero-order valence-electron chi connectivity index (χ0n) is 15.7. The van der Waals surface area contributed by atoms with Gasteiger partial charge in [-0.3, -0.25) is 4.79 Å². The summed E-state index contributed by atoms with van der Waals surface area (Å²) in [6, 6.07) is 3.88. The van der Waals surface area contributed by atoms with E-state index in [1.165, 1.54) is 39.0 Å². The monoisotopic (exact) mass is 388 g/mol. The van der Waals surface area contributed by atoms with Crippen molar-refractivity contribution in [2.24, 2.45) is 0 Å². The largest absolute Gasteiger partial charge is 0.495 e. The van der Waals surface area contributed by atoms with Crippen molar-refractivity contribution in [1.82, 2.24) is 9.97 Å². The Labute approximate surface area is 164 Å². The molecule has 0 unspecified atom stereocenters. The highest BCUT2D eigenvalue weighted by Crippen LogP contribution is 2.31. The molecule has 1 fully saturated rings. The fraction of sp³-hybridized carbons (Fsp3) is 0.450. The number of nitrogens with one attached hydrogen (secondary N) is 2. The van der Waals surface area contributed by atoms with Crippen LogP contribution in [0.3, 0.4) is 0 Å².